The molecular formula is C12H16ClNO2S2. The van der Waals surface area contributed by atoms with Crippen LogP contribution >= 0.6 is 22.6 Å². The zero-order valence-corrected chi connectivity index (χ0v) is 12.6. The molecule has 3 nitrogen and oxygen atoms in total. The van der Waals surface area contributed by atoms with Crippen LogP contribution in [-0.2, 0) is 9.05 Å². The maximum absolute atomic E-state index is 11.3. The number of hydrogen-bond donors (Lipinski definition) is 0. The first kappa shape index (κ1) is 14.2. The van der Waals surface area contributed by atoms with Gasteiger partial charge in [0.15, 0.2) is 0 Å². The molecule has 18 heavy (non-hydrogen) atoms. The molecule has 0 radical (unpaired) electrons. The fraction of sp³-hybridized carbons (Fsp3) is 0.500. The predicted octanol–water partition coefficient (Wildman–Crippen LogP) is 3.42. The number of benzene rings is 1. The van der Waals surface area contributed by atoms with E-state index in [9.17, 15) is 8.42 Å². The van der Waals surface area contributed by atoms with Gasteiger partial charge in [-0.05, 0) is 49.4 Å². The summed E-state index contributed by atoms with van der Waals surface area (Å²) in [7, 11) is 1.73. The van der Waals surface area contributed by atoms with E-state index in [2.05, 4.69) is 4.31 Å². The second kappa shape index (κ2) is 5.82. The third-order valence-corrected chi connectivity index (χ3v) is 5.60. The molecule has 1 aromatic rings. The summed E-state index contributed by atoms with van der Waals surface area (Å²) in [5, 5.41) is 0. The summed E-state index contributed by atoms with van der Waals surface area (Å²) in [5.41, 5.74) is 1.08. The van der Waals surface area contributed by atoms with E-state index < -0.39 is 9.05 Å². The van der Waals surface area contributed by atoms with Crippen molar-refractivity contribution >= 4 is 31.7 Å². The van der Waals surface area contributed by atoms with Crippen molar-refractivity contribution in [3.8, 4) is 0 Å². The SMILES string of the molecule is Cc1ccc(S(=O)(=O)Cl)cc1SN1CCCCC1. The van der Waals surface area contributed by atoms with Crippen LogP contribution in [0.2, 0.25) is 0 Å². The molecule has 0 aliphatic carbocycles. The molecule has 6 heteroatoms. The van der Waals surface area contributed by atoms with Crippen LogP contribution in [0.4, 0.5) is 0 Å². The lowest BCUT2D eigenvalue weighted by molar-refractivity contribution is 0.380. The third-order valence-electron chi connectivity index (χ3n) is 2.98. The van der Waals surface area contributed by atoms with Crippen LogP contribution in [0.5, 0.6) is 0 Å². The molecule has 1 saturated heterocycles. The maximum atomic E-state index is 11.3. The topological polar surface area (TPSA) is 37.4 Å². The van der Waals surface area contributed by atoms with Crippen molar-refractivity contribution in [1.82, 2.24) is 4.31 Å². The molecule has 1 heterocycles. The van der Waals surface area contributed by atoms with Gasteiger partial charge in [-0.2, -0.15) is 0 Å². The van der Waals surface area contributed by atoms with Crippen molar-refractivity contribution in [2.45, 2.75) is 36.0 Å². The number of hydrogen-bond acceptors (Lipinski definition) is 4. The number of aryl methyl sites for hydroxylation is 1. The Bertz CT molecular complexity index is 525. The lowest BCUT2D eigenvalue weighted by atomic mass is 10.2. The van der Waals surface area contributed by atoms with Gasteiger partial charge in [0.25, 0.3) is 9.05 Å². The van der Waals surface area contributed by atoms with Crippen molar-refractivity contribution in [3.63, 3.8) is 0 Å². The van der Waals surface area contributed by atoms with Gasteiger partial charge in [0.1, 0.15) is 0 Å². The molecule has 100 valence electrons. The molecule has 0 atom stereocenters. The first-order chi connectivity index (χ1) is 8.47. The lowest BCUT2D eigenvalue weighted by Crippen LogP contribution is -2.22. The van der Waals surface area contributed by atoms with Crippen LogP contribution in [0.25, 0.3) is 0 Å². The van der Waals surface area contributed by atoms with E-state index >= 15 is 0 Å². The van der Waals surface area contributed by atoms with Gasteiger partial charge in [-0.25, -0.2) is 12.7 Å². The van der Waals surface area contributed by atoms with Crippen molar-refractivity contribution in [2.24, 2.45) is 0 Å². The van der Waals surface area contributed by atoms with E-state index in [1.54, 1.807) is 24.1 Å². The fourth-order valence-electron chi connectivity index (χ4n) is 1.93. The minimum Gasteiger partial charge on any atom is -0.246 e. The van der Waals surface area contributed by atoms with E-state index in [1.165, 1.54) is 19.3 Å². The molecule has 2 rings (SSSR count). The normalized spacial score (nSPS) is 17.9. The summed E-state index contributed by atoms with van der Waals surface area (Å²) in [6.07, 6.45) is 3.70. The average Bonchev–Trinajstić information content (AvgIpc) is 2.32. The highest BCUT2D eigenvalue weighted by molar-refractivity contribution is 8.13. The summed E-state index contributed by atoms with van der Waals surface area (Å²) in [5.74, 6) is 0. The number of rotatable bonds is 3. The lowest BCUT2D eigenvalue weighted by Gasteiger charge is -2.25. The molecule has 0 amide bonds. The van der Waals surface area contributed by atoms with Crippen molar-refractivity contribution in [1.29, 1.82) is 0 Å². The van der Waals surface area contributed by atoms with E-state index in [4.69, 9.17) is 10.7 Å². The Morgan fingerprint density at radius 3 is 2.50 bits per heavy atom. The first-order valence-electron chi connectivity index (χ1n) is 5.95. The molecule has 0 unspecified atom stereocenters. The van der Waals surface area contributed by atoms with Crippen LogP contribution in [0, 0.1) is 6.92 Å². The number of halogens is 1. The second-order valence-corrected chi connectivity index (χ2v) is 8.15. The van der Waals surface area contributed by atoms with Crippen LogP contribution in [0.1, 0.15) is 24.8 Å². The van der Waals surface area contributed by atoms with E-state index in [0.29, 0.717) is 0 Å². The molecule has 1 aromatic carbocycles. The summed E-state index contributed by atoms with van der Waals surface area (Å²) in [6, 6.07) is 5.02. The largest absolute Gasteiger partial charge is 0.261 e. The van der Waals surface area contributed by atoms with Crippen LogP contribution in [-0.4, -0.2) is 25.8 Å². The van der Waals surface area contributed by atoms with Gasteiger partial charge >= 0.3 is 0 Å². The summed E-state index contributed by atoms with van der Waals surface area (Å²) >= 11 is 1.63. The Morgan fingerprint density at radius 1 is 1.22 bits per heavy atom. The molecule has 0 bridgehead atoms. The maximum Gasteiger partial charge on any atom is 0.261 e. The highest BCUT2D eigenvalue weighted by atomic mass is 35.7. The monoisotopic (exact) mass is 305 g/mol. The molecule has 0 aromatic heterocycles. The van der Waals surface area contributed by atoms with Crippen molar-refractivity contribution < 1.29 is 8.42 Å². The van der Waals surface area contributed by atoms with Crippen LogP contribution in [0.3, 0.4) is 0 Å². The zero-order chi connectivity index (χ0) is 13.2. The van der Waals surface area contributed by atoms with Gasteiger partial charge in [0, 0.05) is 28.7 Å². The second-order valence-electron chi connectivity index (χ2n) is 4.45. The molecule has 1 aliphatic rings. The zero-order valence-electron chi connectivity index (χ0n) is 10.2. The molecule has 1 aliphatic heterocycles. The fourth-order valence-corrected chi connectivity index (χ4v) is 3.89. The first-order valence-corrected chi connectivity index (χ1v) is 9.03. The Balaban J connectivity index is 2.21. The Kier molecular flexibility index (Phi) is 4.59. The summed E-state index contributed by atoms with van der Waals surface area (Å²) in [4.78, 5) is 1.15. The van der Waals surface area contributed by atoms with Gasteiger partial charge in [-0.3, -0.25) is 0 Å². The van der Waals surface area contributed by atoms with Crippen molar-refractivity contribution in [2.75, 3.05) is 13.1 Å². The highest BCUT2D eigenvalue weighted by Crippen LogP contribution is 2.31. The van der Waals surface area contributed by atoms with Gasteiger partial charge in [-0.15, -0.1) is 0 Å². The predicted molar refractivity (Wildman–Crippen MR) is 75.5 cm³/mol. The summed E-state index contributed by atoms with van der Waals surface area (Å²) in [6.45, 7) is 4.10. The standard InChI is InChI=1S/C12H16ClNO2S2/c1-10-5-6-11(18(13,15)16)9-12(10)17-14-7-3-2-4-8-14/h5-6,9H,2-4,7-8H2,1H3. The minimum atomic E-state index is -3.64. The average molecular weight is 306 g/mol. The van der Waals surface area contributed by atoms with Gasteiger partial charge in [-0.1, -0.05) is 12.5 Å². The molecular weight excluding hydrogens is 290 g/mol. The Morgan fingerprint density at radius 2 is 1.89 bits per heavy atom. The van der Waals surface area contributed by atoms with Crippen LogP contribution in [0.15, 0.2) is 28.0 Å². The number of nitrogens with zero attached hydrogens (tertiary/aromatic N) is 1. The van der Waals surface area contributed by atoms with Crippen molar-refractivity contribution in [3.05, 3.63) is 23.8 Å². The van der Waals surface area contributed by atoms with Gasteiger partial charge in [0.2, 0.25) is 0 Å². The Labute approximate surface area is 117 Å². The molecule has 0 saturated carbocycles. The molecule has 0 spiro atoms. The van der Waals surface area contributed by atoms with E-state index in [0.717, 1.165) is 23.5 Å². The summed E-state index contributed by atoms with van der Waals surface area (Å²) < 4.78 is 25.0. The minimum absolute atomic E-state index is 0.175. The molecule has 1 fully saturated rings. The molecule has 0 N–H and O–H groups in total. The van der Waals surface area contributed by atoms with E-state index in [1.807, 2.05) is 13.0 Å². The number of piperidine rings is 1. The third kappa shape index (κ3) is 3.63. The quantitative estimate of drug-likeness (QED) is 0.633. The van der Waals surface area contributed by atoms with Crippen LogP contribution < -0.4 is 0 Å². The van der Waals surface area contributed by atoms with E-state index in [-0.39, 0.29) is 4.90 Å². The smallest absolute Gasteiger partial charge is 0.246 e. The highest BCUT2D eigenvalue weighted by Gasteiger charge is 2.16. The van der Waals surface area contributed by atoms with Gasteiger partial charge < -0.3 is 0 Å². The van der Waals surface area contributed by atoms with Gasteiger partial charge in [0.05, 0.1) is 4.90 Å². The Hall–Kier alpha value is -0.230.